The average Bonchev–Trinajstić information content (AvgIpc) is 2.44. The van der Waals surface area contributed by atoms with Crippen molar-refractivity contribution in [2.24, 2.45) is 0 Å². The Labute approximate surface area is 136 Å². The Bertz CT molecular complexity index is 682. The number of amides is 1. The Balaban J connectivity index is 2.32. The molecule has 0 aromatic heterocycles. The van der Waals surface area contributed by atoms with E-state index >= 15 is 0 Å². The first-order valence-electron chi connectivity index (χ1n) is 5.81. The molecule has 0 saturated carbocycles. The highest BCUT2D eigenvalue weighted by Crippen LogP contribution is 2.31. The van der Waals surface area contributed by atoms with Gasteiger partial charge in [0.05, 0.1) is 28.5 Å². The van der Waals surface area contributed by atoms with Crippen LogP contribution >= 0.6 is 34.8 Å². The monoisotopic (exact) mass is 344 g/mol. The summed E-state index contributed by atoms with van der Waals surface area (Å²) in [7, 11) is 1.50. The number of nitrogen functional groups attached to an aromatic ring is 1. The molecule has 0 aliphatic rings. The van der Waals surface area contributed by atoms with Gasteiger partial charge in [0.1, 0.15) is 5.75 Å². The summed E-state index contributed by atoms with van der Waals surface area (Å²) < 4.78 is 5.16. The zero-order valence-electron chi connectivity index (χ0n) is 10.9. The summed E-state index contributed by atoms with van der Waals surface area (Å²) in [5.74, 6) is 0.0848. The first-order valence-corrected chi connectivity index (χ1v) is 6.95. The number of carbonyl (C=O) groups excluding carboxylic acids is 1. The van der Waals surface area contributed by atoms with E-state index in [1.165, 1.54) is 19.2 Å². The minimum Gasteiger partial charge on any atom is -0.495 e. The van der Waals surface area contributed by atoms with E-state index < -0.39 is 5.91 Å². The summed E-state index contributed by atoms with van der Waals surface area (Å²) in [5.41, 5.74) is 6.65. The summed E-state index contributed by atoms with van der Waals surface area (Å²) in [5, 5.41) is 3.58. The van der Waals surface area contributed by atoms with Crippen LogP contribution in [-0.4, -0.2) is 13.0 Å². The predicted molar refractivity (Wildman–Crippen MR) is 86.8 cm³/mol. The average molecular weight is 346 g/mol. The highest BCUT2D eigenvalue weighted by Gasteiger charge is 2.13. The minimum absolute atomic E-state index is 0.208. The summed E-state index contributed by atoms with van der Waals surface area (Å²) in [6, 6.07) is 7.78. The van der Waals surface area contributed by atoms with Crippen molar-refractivity contribution in [1.82, 2.24) is 0 Å². The molecule has 2 rings (SSSR count). The van der Waals surface area contributed by atoms with E-state index in [2.05, 4.69) is 5.32 Å². The third-order valence-electron chi connectivity index (χ3n) is 2.73. The molecule has 0 radical (unpaired) electrons. The molecule has 0 heterocycles. The van der Waals surface area contributed by atoms with E-state index in [-0.39, 0.29) is 21.3 Å². The van der Waals surface area contributed by atoms with Gasteiger partial charge in [-0.3, -0.25) is 4.79 Å². The van der Waals surface area contributed by atoms with Gasteiger partial charge in [0.15, 0.2) is 0 Å². The number of methoxy groups -OCH3 is 1. The van der Waals surface area contributed by atoms with Gasteiger partial charge in [-0.1, -0.05) is 34.8 Å². The number of benzene rings is 2. The Hall–Kier alpha value is -1.62. The quantitative estimate of drug-likeness (QED) is 0.806. The molecule has 2 aromatic rings. The molecule has 1 amide bonds. The minimum atomic E-state index is -0.402. The van der Waals surface area contributed by atoms with Crippen molar-refractivity contribution in [3.8, 4) is 5.75 Å². The molecule has 0 aliphatic carbocycles. The van der Waals surface area contributed by atoms with Crippen LogP contribution in [0.15, 0.2) is 30.3 Å². The summed E-state index contributed by atoms with van der Waals surface area (Å²) in [6.45, 7) is 0. The lowest BCUT2D eigenvalue weighted by atomic mass is 10.2. The van der Waals surface area contributed by atoms with Crippen molar-refractivity contribution < 1.29 is 9.53 Å². The highest BCUT2D eigenvalue weighted by molar-refractivity contribution is 6.44. The number of hydrogen-bond donors (Lipinski definition) is 2. The van der Waals surface area contributed by atoms with Crippen LogP contribution in [0.5, 0.6) is 5.75 Å². The molecule has 7 heteroatoms. The number of nitrogens with one attached hydrogen (secondary N) is 1. The Morgan fingerprint density at radius 2 is 1.90 bits per heavy atom. The molecule has 0 atom stereocenters. The fourth-order valence-electron chi connectivity index (χ4n) is 1.71. The van der Waals surface area contributed by atoms with Crippen LogP contribution in [0, 0.1) is 0 Å². The molecule has 2 aromatic carbocycles. The SMILES string of the molecule is COc1ccc(Cl)cc1NC(=O)c1cc(N)c(Cl)c(Cl)c1. The van der Waals surface area contributed by atoms with Crippen molar-refractivity contribution in [1.29, 1.82) is 0 Å². The molecule has 110 valence electrons. The first kappa shape index (κ1) is 15.8. The normalized spacial score (nSPS) is 10.3. The molecule has 0 aliphatic heterocycles. The van der Waals surface area contributed by atoms with Gasteiger partial charge in [-0.2, -0.15) is 0 Å². The van der Waals surface area contributed by atoms with Crippen LogP contribution in [0.1, 0.15) is 10.4 Å². The van der Waals surface area contributed by atoms with Gasteiger partial charge in [-0.05, 0) is 30.3 Å². The molecule has 0 fully saturated rings. The fraction of sp³-hybridized carbons (Fsp3) is 0.0714. The third kappa shape index (κ3) is 3.53. The van der Waals surface area contributed by atoms with Crippen LogP contribution in [0.25, 0.3) is 0 Å². The number of ether oxygens (including phenoxy) is 1. The largest absolute Gasteiger partial charge is 0.495 e. The standard InChI is InChI=1S/C14H11Cl3N2O2/c1-21-12-3-2-8(15)6-11(12)19-14(20)7-4-9(16)13(17)10(18)5-7/h2-6H,18H2,1H3,(H,19,20). The number of rotatable bonds is 3. The van der Waals surface area contributed by atoms with Gasteiger partial charge in [0, 0.05) is 10.6 Å². The lowest BCUT2D eigenvalue weighted by molar-refractivity contribution is 0.102. The number of hydrogen-bond acceptors (Lipinski definition) is 3. The van der Waals surface area contributed by atoms with Gasteiger partial charge >= 0.3 is 0 Å². The van der Waals surface area contributed by atoms with Crippen LogP contribution < -0.4 is 15.8 Å². The van der Waals surface area contributed by atoms with E-state index in [1.54, 1.807) is 18.2 Å². The van der Waals surface area contributed by atoms with Gasteiger partial charge in [0.2, 0.25) is 0 Å². The lowest BCUT2D eigenvalue weighted by Gasteiger charge is -2.11. The Morgan fingerprint density at radius 1 is 1.19 bits per heavy atom. The molecule has 0 unspecified atom stereocenters. The van der Waals surface area contributed by atoms with Crippen molar-refractivity contribution in [3.63, 3.8) is 0 Å². The Kier molecular flexibility index (Phi) is 4.83. The molecule has 0 bridgehead atoms. The van der Waals surface area contributed by atoms with Gasteiger partial charge in [-0.15, -0.1) is 0 Å². The maximum absolute atomic E-state index is 12.2. The first-order chi connectivity index (χ1) is 9.92. The summed E-state index contributed by atoms with van der Waals surface area (Å²) in [6.07, 6.45) is 0. The zero-order valence-corrected chi connectivity index (χ0v) is 13.2. The fourth-order valence-corrected chi connectivity index (χ4v) is 2.22. The number of anilines is 2. The van der Waals surface area contributed by atoms with Crippen molar-refractivity contribution in [2.45, 2.75) is 0 Å². The van der Waals surface area contributed by atoms with Crippen molar-refractivity contribution in [3.05, 3.63) is 51.0 Å². The molecule has 0 spiro atoms. The van der Waals surface area contributed by atoms with Gasteiger partial charge in [-0.25, -0.2) is 0 Å². The lowest BCUT2D eigenvalue weighted by Crippen LogP contribution is -2.13. The van der Waals surface area contributed by atoms with Crippen LogP contribution in [0.2, 0.25) is 15.1 Å². The molecule has 3 N–H and O–H groups in total. The molecule has 0 saturated heterocycles. The van der Waals surface area contributed by atoms with Gasteiger partial charge in [0.25, 0.3) is 5.91 Å². The molecule has 21 heavy (non-hydrogen) atoms. The third-order valence-corrected chi connectivity index (χ3v) is 3.78. The van der Waals surface area contributed by atoms with Crippen molar-refractivity contribution >= 4 is 52.1 Å². The smallest absolute Gasteiger partial charge is 0.255 e. The zero-order chi connectivity index (χ0) is 15.6. The van der Waals surface area contributed by atoms with Crippen LogP contribution in [0.4, 0.5) is 11.4 Å². The molecular weight excluding hydrogens is 335 g/mol. The second-order valence-electron chi connectivity index (χ2n) is 4.16. The maximum atomic E-state index is 12.2. The van der Waals surface area contributed by atoms with Crippen LogP contribution in [0.3, 0.4) is 0 Å². The number of nitrogens with two attached hydrogens (primary N) is 1. The summed E-state index contributed by atoms with van der Waals surface area (Å²) >= 11 is 17.7. The highest BCUT2D eigenvalue weighted by atomic mass is 35.5. The summed E-state index contributed by atoms with van der Waals surface area (Å²) in [4.78, 5) is 12.2. The second-order valence-corrected chi connectivity index (χ2v) is 5.38. The van der Waals surface area contributed by atoms with E-state index in [0.717, 1.165) is 0 Å². The topological polar surface area (TPSA) is 64.3 Å². The van der Waals surface area contributed by atoms with Gasteiger partial charge < -0.3 is 15.8 Å². The van der Waals surface area contributed by atoms with Crippen LogP contribution in [-0.2, 0) is 0 Å². The number of carbonyl (C=O) groups is 1. The van der Waals surface area contributed by atoms with E-state index in [4.69, 9.17) is 45.3 Å². The maximum Gasteiger partial charge on any atom is 0.255 e. The molecule has 4 nitrogen and oxygen atoms in total. The Morgan fingerprint density at radius 3 is 2.52 bits per heavy atom. The second kappa shape index (κ2) is 6.43. The molecular formula is C14H11Cl3N2O2. The van der Waals surface area contributed by atoms with E-state index in [0.29, 0.717) is 16.5 Å². The van der Waals surface area contributed by atoms with Crippen molar-refractivity contribution in [2.75, 3.05) is 18.2 Å². The predicted octanol–water partition coefficient (Wildman–Crippen LogP) is 4.49. The van der Waals surface area contributed by atoms with E-state index in [9.17, 15) is 4.79 Å². The number of halogens is 3. The van der Waals surface area contributed by atoms with E-state index in [1.807, 2.05) is 0 Å².